The number of carboxylic acids is 1. The van der Waals surface area contributed by atoms with Gasteiger partial charge in [-0.3, -0.25) is 9.59 Å². The summed E-state index contributed by atoms with van der Waals surface area (Å²) in [4.78, 5) is 121. The number of likely N-dealkylation sites (tertiary alicyclic amines) is 4. The molecule has 676 valence electrons. The average molecular weight is 1810 g/mol. The van der Waals surface area contributed by atoms with E-state index in [0.717, 1.165) is 135 Å². The van der Waals surface area contributed by atoms with Gasteiger partial charge in [0.15, 0.2) is 11.3 Å². The van der Waals surface area contributed by atoms with E-state index in [2.05, 4.69) is 73.6 Å². The molecular weight excluding hydrogens is 1680 g/mol. The minimum atomic E-state index is -0.857. The molecule has 0 unspecified atom stereocenters. The fourth-order valence-electron chi connectivity index (χ4n) is 14.0. The molecule has 9 aliphatic rings. The number of aromatic nitrogens is 10. The lowest BCUT2D eigenvalue weighted by atomic mass is 9.99. The summed E-state index contributed by atoms with van der Waals surface area (Å²) in [6.07, 6.45) is 5.55. The maximum absolute atomic E-state index is 12.6. The van der Waals surface area contributed by atoms with Crippen molar-refractivity contribution in [2.45, 2.75) is 209 Å². The van der Waals surface area contributed by atoms with Crippen molar-refractivity contribution in [3.05, 3.63) is 111 Å². The molecule has 17 heterocycles. The summed E-state index contributed by atoms with van der Waals surface area (Å²) in [6, 6.07) is 3.95. The van der Waals surface area contributed by atoms with Crippen molar-refractivity contribution in [2.75, 3.05) is 128 Å². The van der Waals surface area contributed by atoms with Crippen LogP contribution in [0.2, 0.25) is 0 Å². The summed E-state index contributed by atoms with van der Waals surface area (Å²) in [5.74, 6) is 2.77. The van der Waals surface area contributed by atoms with Crippen LogP contribution in [0.15, 0.2) is 46.0 Å². The van der Waals surface area contributed by atoms with Gasteiger partial charge in [0.1, 0.15) is 39.6 Å². The number of fused-ring (bicyclic) bond motifs is 4. The SMILES string of the molecule is CC(C)(C)OC(=O)N1CC(C(=O)O)C1.CC(C)(C)OC(=O)N1CC(C(N)=O)C1.CC(C)(C)OC(=O)N1CC(C(N)=S)C1.Cc1csc(C2CN(C(=O)OC(C)(C)C)C2)n1.Cc1csc(C2CN(c3c4c(nc5ccnn35)CCN(C(=O)OC(C)(C)C)CC4)C2)n1.Cc1csc(C2CN(c3c4c(nc5ccnn35)CCNCC4)C2)n1.Cc1csc(C2CNC2)n1. The second-order valence-corrected chi connectivity index (χ2v) is 41.5. The number of aliphatic carboxylic acids is 1. The van der Waals surface area contributed by atoms with E-state index in [1.807, 2.05) is 116 Å². The summed E-state index contributed by atoms with van der Waals surface area (Å²) in [5.41, 5.74) is 19.2. The maximum Gasteiger partial charge on any atom is 0.410 e. The van der Waals surface area contributed by atoms with Crippen LogP contribution in [0.5, 0.6) is 0 Å². The van der Waals surface area contributed by atoms with Gasteiger partial charge >= 0.3 is 36.4 Å². The van der Waals surface area contributed by atoms with Gasteiger partial charge in [0.05, 0.1) is 60.6 Å². The molecule has 0 spiro atoms. The average Bonchev–Trinajstić information content (AvgIpc) is 1.51. The third-order valence-electron chi connectivity index (χ3n) is 20.7. The first-order chi connectivity index (χ1) is 58.2. The van der Waals surface area contributed by atoms with Crippen molar-refractivity contribution in [2.24, 2.45) is 29.2 Å². The van der Waals surface area contributed by atoms with Crippen LogP contribution >= 0.6 is 57.6 Å². The molecule has 0 radical (unpaired) electrons. The number of nitrogens with one attached hydrogen (secondary N) is 2. The van der Waals surface area contributed by atoms with Crippen LogP contribution in [0.25, 0.3) is 11.3 Å². The highest BCUT2D eigenvalue weighted by Crippen LogP contribution is 2.40. The second kappa shape index (κ2) is 40.0. The number of ether oxygens (including phenoxy) is 5. The van der Waals surface area contributed by atoms with Gasteiger partial charge in [-0.25, -0.2) is 53.9 Å². The molecule has 9 aliphatic heterocycles. The van der Waals surface area contributed by atoms with Crippen molar-refractivity contribution >= 4 is 128 Å². The number of carbonyl (C=O) groups excluding carboxylic acids is 6. The first-order valence-electron chi connectivity index (χ1n) is 42.2. The lowest BCUT2D eigenvalue weighted by molar-refractivity contribution is -0.146. The number of rotatable bonds is 9. The van der Waals surface area contributed by atoms with E-state index in [4.69, 9.17) is 62.4 Å². The van der Waals surface area contributed by atoms with Gasteiger partial charge in [-0.1, -0.05) is 12.2 Å². The molecule has 6 amide bonds. The van der Waals surface area contributed by atoms with E-state index >= 15 is 0 Å². The topological polar surface area (TPSA) is 397 Å². The third kappa shape index (κ3) is 26.1. The number of carboxylic acid groups (broad SMARTS) is 1. The Kier molecular flexibility index (Phi) is 30.7. The predicted molar refractivity (Wildman–Crippen MR) is 482 cm³/mol. The molecule has 17 rings (SSSR count). The largest absolute Gasteiger partial charge is 0.481 e. The number of nitrogens with zero attached hydrogens (tertiary/aromatic N) is 17. The zero-order valence-corrected chi connectivity index (χ0v) is 78.9. The summed E-state index contributed by atoms with van der Waals surface area (Å²) < 4.78 is 30.2. The van der Waals surface area contributed by atoms with E-state index in [0.29, 0.717) is 74.3 Å². The van der Waals surface area contributed by atoms with Crippen LogP contribution in [0.4, 0.5) is 35.6 Å². The van der Waals surface area contributed by atoms with Gasteiger partial charge in [-0.15, -0.1) is 45.3 Å². The molecule has 7 N–H and O–H groups in total. The van der Waals surface area contributed by atoms with Crippen LogP contribution < -0.4 is 31.9 Å². The molecule has 39 heteroatoms. The highest BCUT2D eigenvalue weighted by molar-refractivity contribution is 7.80. The molecule has 7 saturated heterocycles. The number of aryl methyl sites for hydroxylation is 4. The Morgan fingerprint density at radius 2 is 0.734 bits per heavy atom. The third-order valence-corrected chi connectivity index (χ3v) is 25.6. The monoisotopic (exact) mass is 1810 g/mol. The number of anilines is 2. The normalized spacial score (nSPS) is 17.7. The van der Waals surface area contributed by atoms with Crippen LogP contribution in [-0.4, -0.2) is 272 Å². The predicted octanol–water partition coefficient (Wildman–Crippen LogP) is 11.6. The van der Waals surface area contributed by atoms with Gasteiger partial charge in [-0.05, 0) is 151 Å². The van der Waals surface area contributed by atoms with Crippen molar-refractivity contribution in [1.29, 1.82) is 0 Å². The van der Waals surface area contributed by atoms with Gasteiger partial charge in [0.2, 0.25) is 5.91 Å². The molecule has 8 aromatic rings. The van der Waals surface area contributed by atoms with Gasteiger partial charge in [0.25, 0.3) is 0 Å². The fourth-order valence-corrected chi connectivity index (χ4v) is 17.7. The Labute approximate surface area is 746 Å². The minimum Gasteiger partial charge on any atom is -0.481 e. The molecule has 0 atom stereocenters. The first-order valence-corrected chi connectivity index (χ1v) is 46.1. The van der Waals surface area contributed by atoms with E-state index < -0.39 is 46.0 Å². The first kappa shape index (κ1) is 95.1. The molecule has 0 bridgehead atoms. The molecule has 124 heavy (non-hydrogen) atoms. The molecular formula is C85H123N21O13S5. The smallest absolute Gasteiger partial charge is 0.410 e. The van der Waals surface area contributed by atoms with Crippen LogP contribution in [0.3, 0.4) is 0 Å². The van der Waals surface area contributed by atoms with Gasteiger partial charge < -0.3 is 85.2 Å². The number of hydrogen-bond donors (Lipinski definition) is 5. The fraction of sp³-hybridized carbons (Fsp3) is 0.624. The number of carbonyl (C=O) groups is 7. The van der Waals surface area contributed by atoms with Crippen molar-refractivity contribution < 1.29 is 62.4 Å². The number of amides is 6. The van der Waals surface area contributed by atoms with E-state index in [9.17, 15) is 33.6 Å². The van der Waals surface area contributed by atoms with Crippen molar-refractivity contribution in [3.8, 4) is 0 Å². The number of thiazole rings is 4. The molecule has 8 aromatic heterocycles. The highest BCUT2D eigenvalue weighted by atomic mass is 32.1. The number of nitrogens with two attached hydrogens (primary N) is 2. The maximum atomic E-state index is 12.6. The molecule has 34 nitrogen and oxygen atoms in total. The van der Waals surface area contributed by atoms with Crippen molar-refractivity contribution in [3.63, 3.8) is 0 Å². The number of hydrogen-bond acceptors (Lipinski definition) is 29. The molecule has 7 fully saturated rings. The summed E-state index contributed by atoms with van der Waals surface area (Å²) in [6.45, 7) is 49.0. The van der Waals surface area contributed by atoms with Crippen LogP contribution in [0.1, 0.15) is 193 Å². The van der Waals surface area contributed by atoms with Gasteiger partial charge in [-0.2, -0.15) is 19.2 Å². The zero-order valence-electron chi connectivity index (χ0n) is 74.9. The van der Waals surface area contributed by atoms with E-state index in [1.54, 1.807) is 108 Å². The Hall–Kier alpha value is -9.54. The van der Waals surface area contributed by atoms with E-state index in [-0.39, 0.29) is 55.2 Å². The quantitative estimate of drug-likeness (QED) is 0.0662. The standard InChI is InChI=1S/C22H28N6O2S.C17H20N6S.C12H18N2O2S.C9H16N2O3.C9H16N2O2S.C9H15NO4.C7H10N2S/c1-14-13-31-19(24-14)15-11-27(12-15)20-16-6-9-26(21(29)30-22(2,3)4)10-7-17(16)25-18-5-8-23-28(18)20;1-11-10-24-16(20-11)12-8-22(9-12)17-13-2-5-18-6-3-14(13)21-15-4-7-19-23(15)17;1-8-7-17-10(13-8)9-5-14(6-9)11(15)16-12(2,3)4;1-9(2,3)14-8(13)11-4-6(5-11)7(10)12;1-9(2,3)13-8(12)11-4-6(5-11)7(10)14;1-9(2,3)14-8(13)10-4-6(5-10)7(11)12;1-5-4-10-7(9-5)6-2-8-3-6/h5,8,13,15H,6-7,9-12H2,1-4H3;4,7,10,12,18H,2-3,5-6,8-9H2,1H3;7,9H,5-6H2,1-4H3;6H,4-5H2,1-3H3,(H2,10,12);6H,4-5H2,1-3H3,(H2,10,14);6H,4-5H2,1-3H3,(H,11,12);4,6,8H,2-3H2,1H3. The molecule has 0 aliphatic carbocycles. The Balaban J connectivity index is 0.000000145. The lowest BCUT2D eigenvalue weighted by Crippen LogP contribution is -2.55. The second-order valence-electron chi connectivity index (χ2n) is 37.5. The molecule has 0 saturated carbocycles. The van der Waals surface area contributed by atoms with Crippen LogP contribution in [0, 0.1) is 45.4 Å². The number of thiocarbonyl (C=S) groups is 1. The highest BCUT2D eigenvalue weighted by Gasteiger charge is 2.43. The summed E-state index contributed by atoms with van der Waals surface area (Å²) >= 11 is 11.8. The number of primary amides is 1. The summed E-state index contributed by atoms with van der Waals surface area (Å²) in [5, 5.41) is 37.7. The minimum absolute atomic E-state index is 0.164. The van der Waals surface area contributed by atoms with Crippen molar-refractivity contribution in [1.82, 2.24) is 84.3 Å². The Morgan fingerprint density at radius 1 is 0.411 bits per heavy atom. The zero-order chi connectivity index (χ0) is 90.2. The Bertz CT molecular complexity index is 4910. The molecule has 0 aromatic carbocycles. The lowest BCUT2D eigenvalue weighted by Gasteiger charge is -2.41. The Morgan fingerprint density at radius 3 is 1.07 bits per heavy atom. The van der Waals surface area contributed by atoms with E-state index in [1.165, 1.54) is 47.5 Å². The van der Waals surface area contributed by atoms with Gasteiger partial charge in [0, 0.05) is 221 Å². The summed E-state index contributed by atoms with van der Waals surface area (Å²) in [7, 11) is 0. The van der Waals surface area contributed by atoms with Crippen LogP contribution in [-0.2, 0) is 59.0 Å².